The van der Waals surface area contributed by atoms with Gasteiger partial charge in [0.2, 0.25) is 0 Å². The zero-order chi connectivity index (χ0) is 13.0. The third-order valence-corrected chi connectivity index (χ3v) is 3.41. The van der Waals surface area contributed by atoms with E-state index in [9.17, 15) is 10.1 Å². The van der Waals surface area contributed by atoms with E-state index >= 15 is 0 Å². The summed E-state index contributed by atoms with van der Waals surface area (Å²) in [6.07, 6.45) is 4.72. The van der Waals surface area contributed by atoms with Crippen molar-refractivity contribution in [3.05, 3.63) is 34.4 Å². The number of hydrogen-bond acceptors (Lipinski definition) is 4. The van der Waals surface area contributed by atoms with E-state index in [0.717, 1.165) is 31.4 Å². The minimum Gasteiger partial charge on any atom is -0.382 e. The summed E-state index contributed by atoms with van der Waals surface area (Å²) in [6, 6.07) is 6.96. The smallest absolute Gasteiger partial charge is 0.269 e. The fourth-order valence-electron chi connectivity index (χ4n) is 2.41. The van der Waals surface area contributed by atoms with Gasteiger partial charge in [0.15, 0.2) is 0 Å². The number of nitrogens with zero attached hydrogens (tertiary/aromatic N) is 1. The number of ether oxygens (including phenoxy) is 1. The van der Waals surface area contributed by atoms with Crippen molar-refractivity contribution in [2.75, 3.05) is 12.4 Å². The van der Waals surface area contributed by atoms with Crippen molar-refractivity contribution in [3.63, 3.8) is 0 Å². The highest BCUT2D eigenvalue weighted by molar-refractivity contribution is 5.49. The third kappa shape index (κ3) is 3.20. The van der Waals surface area contributed by atoms with Crippen molar-refractivity contribution < 1.29 is 9.66 Å². The predicted octanol–water partition coefficient (Wildman–Crippen LogP) is 2.96. The molecule has 18 heavy (non-hydrogen) atoms. The van der Waals surface area contributed by atoms with Gasteiger partial charge in [-0.15, -0.1) is 0 Å². The molecule has 1 aromatic carbocycles. The number of non-ortho nitro benzene ring substituents is 1. The van der Waals surface area contributed by atoms with Gasteiger partial charge in [-0.05, 0) is 37.8 Å². The molecule has 2 atom stereocenters. The Morgan fingerprint density at radius 2 is 2.06 bits per heavy atom. The predicted molar refractivity (Wildman–Crippen MR) is 69.8 cm³/mol. The van der Waals surface area contributed by atoms with Gasteiger partial charge in [-0.1, -0.05) is 0 Å². The fraction of sp³-hybridized carbons (Fsp3) is 0.538. The molecule has 0 spiro atoms. The highest BCUT2D eigenvalue weighted by Gasteiger charge is 2.21. The maximum atomic E-state index is 10.6. The van der Waals surface area contributed by atoms with Gasteiger partial charge in [-0.3, -0.25) is 10.1 Å². The molecule has 0 bridgehead atoms. The number of nitro benzene ring substituents is 1. The molecule has 0 radical (unpaired) electrons. The van der Waals surface area contributed by atoms with Crippen LogP contribution in [0.3, 0.4) is 0 Å². The SMILES string of the molecule is COC1CCCC(Nc2ccc([N+](=O)[O-])cc2)C1. The molecule has 0 aliphatic heterocycles. The Morgan fingerprint density at radius 3 is 2.67 bits per heavy atom. The molecule has 0 aromatic heterocycles. The lowest BCUT2D eigenvalue weighted by atomic mass is 9.92. The van der Waals surface area contributed by atoms with E-state index in [4.69, 9.17) is 4.74 Å². The molecule has 1 aliphatic carbocycles. The molecule has 0 amide bonds. The highest BCUT2D eigenvalue weighted by atomic mass is 16.6. The molecular weight excluding hydrogens is 232 g/mol. The Bertz CT molecular complexity index is 405. The molecule has 1 fully saturated rings. The zero-order valence-electron chi connectivity index (χ0n) is 10.5. The fourth-order valence-corrected chi connectivity index (χ4v) is 2.41. The van der Waals surface area contributed by atoms with Gasteiger partial charge in [0.1, 0.15) is 0 Å². The summed E-state index contributed by atoms with van der Waals surface area (Å²) in [7, 11) is 1.75. The molecular formula is C13H18N2O3. The summed E-state index contributed by atoms with van der Waals surface area (Å²) < 4.78 is 5.38. The first-order valence-corrected chi connectivity index (χ1v) is 6.23. The molecule has 2 rings (SSSR count). The number of nitro groups is 1. The van der Waals surface area contributed by atoms with Crippen molar-refractivity contribution in [2.24, 2.45) is 0 Å². The van der Waals surface area contributed by atoms with Gasteiger partial charge < -0.3 is 10.1 Å². The van der Waals surface area contributed by atoms with Gasteiger partial charge in [0.25, 0.3) is 5.69 Å². The van der Waals surface area contributed by atoms with E-state index in [1.54, 1.807) is 19.2 Å². The van der Waals surface area contributed by atoms with E-state index in [2.05, 4.69) is 5.32 Å². The Labute approximate surface area is 106 Å². The van der Waals surface area contributed by atoms with Crippen molar-refractivity contribution in [1.29, 1.82) is 0 Å². The van der Waals surface area contributed by atoms with Crippen molar-refractivity contribution in [1.82, 2.24) is 0 Å². The van der Waals surface area contributed by atoms with Crippen LogP contribution >= 0.6 is 0 Å². The first-order chi connectivity index (χ1) is 8.69. The quantitative estimate of drug-likeness (QED) is 0.659. The van der Waals surface area contributed by atoms with Gasteiger partial charge in [-0.2, -0.15) is 0 Å². The second-order valence-corrected chi connectivity index (χ2v) is 4.67. The van der Waals surface area contributed by atoms with Crippen LogP contribution in [0.15, 0.2) is 24.3 Å². The molecule has 1 saturated carbocycles. The van der Waals surface area contributed by atoms with E-state index in [1.807, 2.05) is 0 Å². The molecule has 0 saturated heterocycles. The van der Waals surface area contributed by atoms with Crippen LogP contribution in [0.25, 0.3) is 0 Å². The zero-order valence-corrected chi connectivity index (χ0v) is 10.5. The van der Waals surface area contributed by atoms with Gasteiger partial charge >= 0.3 is 0 Å². The molecule has 1 N–H and O–H groups in total. The Morgan fingerprint density at radius 1 is 1.33 bits per heavy atom. The Hall–Kier alpha value is -1.62. The molecule has 2 unspecified atom stereocenters. The Kier molecular flexibility index (Phi) is 4.15. The molecule has 5 nitrogen and oxygen atoms in total. The van der Waals surface area contributed by atoms with Crippen molar-refractivity contribution in [3.8, 4) is 0 Å². The normalized spacial score (nSPS) is 23.6. The average Bonchev–Trinajstić information content (AvgIpc) is 2.39. The Balaban J connectivity index is 1.94. The lowest BCUT2D eigenvalue weighted by Crippen LogP contribution is -2.30. The van der Waals surface area contributed by atoms with Crippen LogP contribution in [0.1, 0.15) is 25.7 Å². The van der Waals surface area contributed by atoms with Crippen LogP contribution in [-0.4, -0.2) is 24.2 Å². The van der Waals surface area contributed by atoms with Crippen molar-refractivity contribution in [2.45, 2.75) is 37.8 Å². The van der Waals surface area contributed by atoms with E-state index in [0.29, 0.717) is 12.1 Å². The molecule has 1 aliphatic rings. The van der Waals surface area contributed by atoms with Crippen molar-refractivity contribution >= 4 is 11.4 Å². The van der Waals surface area contributed by atoms with Gasteiger partial charge in [-0.25, -0.2) is 0 Å². The molecule has 0 heterocycles. The monoisotopic (exact) mass is 250 g/mol. The van der Waals surface area contributed by atoms with Crippen LogP contribution in [0.5, 0.6) is 0 Å². The van der Waals surface area contributed by atoms with Crippen LogP contribution < -0.4 is 5.32 Å². The number of hydrogen-bond donors (Lipinski definition) is 1. The average molecular weight is 250 g/mol. The van der Waals surface area contributed by atoms with Gasteiger partial charge in [0.05, 0.1) is 11.0 Å². The summed E-state index contributed by atoms with van der Waals surface area (Å²) in [5, 5.41) is 14.0. The molecule has 5 heteroatoms. The number of benzene rings is 1. The lowest BCUT2D eigenvalue weighted by molar-refractivity contribution is -0.384. The third-order valence-electron chi connectivity index (χ3n) is 3.41. The summed E-state index contributed by atoms with van der Waals surface area (Å²) in [5.41, 5.74) is 1.06. The van der Waals surface area contributed by atoms with E-state index < -0.39 is 0 Å². The lowest BCUT2D eigenvalue weighted by Gasteiger charge is -2.29. The standard InChI is InChI=1S/C13H18N2O3/c1-18-13-4-2-3-11(9-13)14-10-5-7-12(8-6-10)15(16)17/h5-8,11,13-14H,2-4,9H2,1H3. The van der Waals surface area contributed by atoms with Crippen LogP contribution in [-0.2, 0) is 4.74 Å². The first kappa shape index (κ1) is 12.8. The second-order valence-electron chi connectivity index (χ2n) is 4.67. The highest BCUT2D eigenvalue weighted by Crippen LogP contribution is 2.24. The van der Waals surface area contributed by atoms with E-state index in [1.165, 1.54) is 12.1 Å². The maximum Gasteiger partial charge on any atom is 0.269 e. The summed E-state index contributed by atoms with van der Waals surface area (Å²) in [5.74, 6) is 0. The summed E-state index contributed by atoms with van der Waals surface area (Å²) in [6.45, 7) is 0. The van der Waals surface area contributed by atoms with Gasteiger partial charge in [0, 0.05) is 31.0 Å². The summed E-state index contributed by atoms with van der Waals surface area (Å²) >= 11 is 0. The number of methoxy groups -OCH3 is 1. The van der Waals surface area contributed by atoms with Crippen LogP contribution in [0.2, 0.25) is 0 Å². The first-order valence-electron chi connectivity index (χ1n) is 6.23. The molecule has 1 aromatic rings. The maximum absolute atomic E-state index is 10.6. The number of rotatable bonds is 4. The topological polar surface area (TPSA) is 64.4 Å². The second kappa shape index (κ2) is 5.82. The minimum absolute atomic E-state index is 0.124. The number of anilines is 1. The largest absolute Gasteiger partial charge is 0.382 e. The number of nitrogens with one attached hydrogen (secondary N) is 1. The molecule has 98 valence electrons. The van der Waals surface area contributed by atoms with Crippen LogP contribution in [0.4, 0.5) is 11.4 Å². The summed E-state index contributed by atoms with van der Waals surface area (Å²) in [4.78, 5) is 10.2. The van der Waals surface area contributed by atoms with Crippen LogP contribution in [0, 0.1) is 10.1 Å². The minimum atomic E-state index is -0.384. The van der Waals surface area contributed by atoms with E-state index in [-0.39, 0.29) is 10.6 Å².